The van der Waals surface area contributed by atoms with Crippen LogP contribution < -0.4 is 10.6 Å². The van der Waals surface area contributed by atoms with Crippen molar-refractivity contribution in [1.29, 1.82) is 0 Å². The number of oxazole rings is 1. The van der Waals surface area contributed by atoms with Crippen LogP contribution in [0.15, 0.2) is 10.7 Å². The van der Waals surface area contributed by atoms with Crippen molar-refractivity contribution < 1.29 is 13.9 Å². The second-order valence-electron chi connectivity index (χ2n) is 4.61. The Labute approximate surface area is 106 Å². The third kappa shape index (κ3) is 2.64. The van der Waals surface area contributed by atoms with Crippen LogP contribution in [-0.2, 0) is 4.74 Å². The minimum absolute atomic E-state index is 0.217. The molecule has 18 heavy (non-hydrogen) atoms. The van der Waals surface area contributed by atoms with Gasteiger partial charge in [-0.15, -0.1) is 0 Å². The number of nitrogens with zero attached hydrogens (tertiary/aromatic N) is 2. The molecule has 2 unspecified atom stereocenters. The first-order valence-electron chi connectivity index (χ1n) is 6.25. The summed E-state index contributed by atoms with van der Waals surface area (Å²) < 4.78 is 10.2. The van der Waals surface area contributed by atoms with E-state index >= 15 is 0 Å². The Balaban J connectivity index is 2.04. The molecule has 6 nitrogen and oxygen atoms in total. The Kier molecular flexibility index (Phi) is 3.86. The first-order chi connectivity index (χ1) is 8.61. The Morgan fingerprint density at radius 3 is 3.17 bits per heavy atom. The molecule has 0 aromatic carbocycles. The van der Waals surface area contributed by atoms with Crippen molar-refractivity contribution >= 4 is 12.0 Å². The molecule has 100 valence electrons. The summed E-state index contributed by atoms with van der Waals surface area (Å²) in [6.45, 7) is 5.79. The van der Waals surface area contributed by atoms with Gasteiger partial charge < -0.3 is 19.8 Å². The van der Waals surface area contributed by atoms with Gasteiger partial charge in [0.25, 0.3) is 6.01 Å². The van der Waals surface area contributed by atoms with Crippen LogP contribution in [0, 0.1) is 5.92 Å². The molecule has 0 radical (unpaired) electrons. The Bertz CT molecular complexity index is 418. The second kappa shape index (κ2) is 5.39. The molecular formula is C12H19N3O3. The van der Waals surface area contributed by atoms with E-state index in [1.807, 2.05) is 4.90 Å². The van der Waals surface area contributed by atoms with E-state index in [0.717, 1.165) is 19.5 Å². The molecule has 0 amide bonds. The van der Waals surface area contributed by atoms with E-state index in [4.69, 9.17) is 14.9 Å². The highest BCUT2D eigenvalue weighted by Crippen LogP contribution is 2.22. The fraction of sp³-hybridized carbons (Fsp3) is 0.667. The third-order valence-electron chi connectivity index (χ3n) is 3.22. The summed E-state index contributed by atoms with van der Waals surface area (Å²) in [6, 6.07) is 0.692. The molecule has 1 saturated heterocycles. The molecule has 6 heteroatoms. The Morgan fingerprint density at radius 1 is 1.72 bits per heavy atom. The number of ether oxygens (including phenoxy) is 1. The van der Waals surface area contributed by atoms with Crippen LogP contribution in [0.3, 0.4) is 0 Å². The Hall–Kier alpha value is -1.56. The molecular weight excluding hydrogens is 234 g/mol. The lowest BCUT2D eigenvalue weighted by Crippen LogP contribution is -2.46. The van der Waals surface area contributed by atoms with E-state index in [-0.39, 0.29) is 11.7 Å². The molecule has 0 saturated carbocycles. The second-order valence-corrected chi connectivity index (χ2v) is 4.61. The molecule has 2 rings (SSSR count). The van der Waals surface area contributed by atoms with Gasteiger partial charge in [0.2, 0.25) is 0 Å². The number of esters is 1. The van der Waals surface area contributed by atoms with Crippen LogP contribution in [0.1, 0.15) is 30.8 Å². The van der Waals surface area contributed by atoms with Crippen molar-refractivity contribution in [3.63, 3.8) is 0 Å². The normalized spacial score (nSPS) is 24.1. The van der Waals surface area contributed by atoms with E-state index in [9.17, 15) is 4.79 Å². The molecule has 1 fully saturated rings. The van der Waals surface area contributed by atoms with Crippen molar-refractivity contribution in [3.8, 4) is 0 Å². The number of nitrogens with two attached hydrogens (primary N) is 1. The van der Waals surface area contributed by atoms with Crippen molar-refractivity contribution in [1.82, 2.24) is 4.98 Å². The van der Waals surface area contributed by atoms with Gasteiger partial charge in [0, 0.05) is 19.1 Å². The summed E-state index contributed by atoms with van der Waals surface area (Å²) in [5.74, 6) is -0.0639. The molecule has 2 atom stereocenters. The molecule has 1 aromatic rings. The van der Waals surface area contributed by atoms with E-state index in [1.165, 1.54) is 6.26 Å². The lowest BCUT2D eigenvalue weighted by molar-refractivity contribution is 0.0519. The summed E-state index contributed by atoms with van der Waals surface area (Å²) >= 11 is 0. The minimum Gasteiger partial charge on any atom is -0.461 e. The average molecular weight is 253 g/mol. The highest BCUT2D eigenvalue weighted by atomic mass is 16.5. The Morgan fingerprint density at radius 2 is 2.50 bits per heavy atom. The summed E-state index contributed by atoms with van der Waals surface area (Å²) in [5.41, 5.74) is 6.18. The van der Waals surface area contributed by atoms with E-state index < -0.39 is 5.97 Å². The molecule has 0 aliphatic carbocycles. The van der Waals surface area contributed by atoms with Gasteiger partial charge in [0.05, 0.1) is 6.61 Å². The van der Waals surface area contributed by atoms with Gasteiger partial charge in [-0.2, -0.15) is 4.98 Å². The molecule has 0 spiro atoms. The van der Waals surface area contributed by atoms with Gasteiger partial charge in [-0.1, -0.05) is 6.92 Å². The van der Waals surface area contributed by atoms with Crippen molar-refractivity contribution in [3.05, 3.63) is 12.0 Å². The number of piperidine rings is 1. The zero-order valence-corrected chi connectivity index (χ0v) is 10.8. The summed E-state index contributed by atoms with van der Waals surface area (Å²) in [4.78, 5) is 17.6. The van der Waals surface area contributed by atoms with Crippen LogP contribution in [0.4, 0.5) is 6.01 Å². The van der Waals surface area contributed by atoms with Gasteiger partial charge in [0.15, 0.2) is 5.69 Å². The van der Waals surface area contributed by atoms with Crippen molar-refractivity contribution in [2.75, 3.05) is 24.6 Å². The standard InChI is InChI=1S/C12H19N3O3/c1-3-17-11(16)10-7-18-12(14-10)15-5-4-9(13)8(2)6-15/h7-9H,3-6,13H2,1-2H3. The van der Waals surface area contributed by atoms with Crippen molar-refractivity contribution in [2.45, 2.75) is 26.3 Å². The van der Waals surface area contributed by atoms with E-state index in [2.05, 4.69) is 11.9 Å². The maximum absolute atomic E-state index is 11.5. The van der Waals surface area contributed by atoms with Gasteiger partial charge in [-0.3, -0.25) is 0 Å². The monoisotopic (exact) mass is 253 g/mol. The zero-order valence-electron chi connectivity index (χ0n) is 10.8. The van der Waals surface area contributed by atoms with Crippen LogP contribution in [0.2, 0.25) is 0 Å². The first-order valence-corrected chi connectivity index (χ1v) is 6.25. The van der Waals surface area contributed by atoms with Crippen LogP contribution >= 0.6 is 0 Å². The number of anilines is 1. The lowest BCUT2D eigenvalue weighted by Gasteiger charge is -2.33. The van der Waals surface area contributed by atoms with Gasteiger partial charge >= 0.3 is 5.97 Å². The molecule has 2 N–H and O–H groups in total. The predicted molar refractivity (Wildman–Crippen MR) is 66.4 cm³/mol. The maximum Gasteiger partial charge on any atom is 0.360 e. The van der Waals surface area contributed by atoms with E-state index in [0.29, 0.717) is 18.5 Å². The van der Waals surface area contributed by atoms with Gasteiger partial charge in [-0.25, -0.2) is 4.79 Å². The summed E-state index contributed by atoms with van der Waals surface area (Å²) in [7, 11) is 0. The van der Waals surface area contributed by atoms with E-state index in [1.54, 1.807) is 6.92 Å². The number of carbonyl (C=O) groups excluding carboxylic acids is 1. The molecule has 2 heterocycles. The van der Waals surface area contributed by atoms with Crippen molar-refractivity contribution in [2.24, 2.45) is 11.7 Å². The topological polar surface area (TPSA) is 81.6 Å². The molecule has 1 aliphatic heterocycles. The quantitative estimate of drug-likeness (QED) is 0.810. The average Bonchev–Trinajstić information content (AvgIpc) is 2.82. The number of carbonyl (C=O) groups is 1. The minimum atomic E-state index is -0.450. The molecule has 1 aromatic heterocycles. The van der Waals surface area contributed by atoms with Crippen LogP contribution in [0.25, 0.3) is 0 Å². The fourth-order valence-electron chi connectivity index (χ4n) is 2.05. The highest BCUT2D eigenvalue weighted by Gasteiger charge is 2.26. The maximum atomic E-state index is 11.5. The summed E-state index contributed by atoms with van der Waals surface area (Å²) in [5, 5.41) is 0. The van der Waals surface area contributed by atoms with Gasteiger partial charge in [0.1, 0.15) is 6.26 Å². The SMILES string of the molecule is CCOC(=O)c1coc(N2CCC(N)C(C)C2)n1. The smallest absolute Gasteiger partial charge is 0.360 e. The van der Waals surface area contributed by atoms with Crippen LogP contribution in [0.5, 0.6) is 0 Å². The van der Waals surface area contributed by atoms with Crippen LogP contribution in [-0.4, -0.2) is 36.7 Å². The number of aromatic nitrogens is 1. The molecule has 0 bridgehead atoms. The lowest BCUT2D eigenvalue weighted by atomic mass is 9.95. The third-order valence-corrected chi connectivity index (χ3v) is 3.22. The number of hydrogen-bond donors (Lipinski definition) is 1. The highest BCUT2D eigenvalue weighted by molar-refractivity contribution is 5.87. The number of hydrogen-bond acceptors (Lipinski definition) is 6. The summed E-state index contributed by atoms with van der Waals surface area (Å²) in [6.07, 6.45) is 2.24. The fourth-order valence-corrected chi connectivity index (χ4v) is 2.05. The molecule has 1 aliphatic rings. The predicted octanol–water partition coefficient (Wildman–Crippen LogP) is 1.02. The largest absolute Gasteiger partial charge is 0.461 e. The van der Waals surface area contributed by atoms with Gasteiger partial charge in [-0.05, 0) is 19.3 Å². The number of rotatable bonds is 3. The zero-order chi connectivity index (χ0) is 13.1. The first kappa shape index (κ1) is 12.9.